The highest BCUT2D eigenvalue weighted by molar-refractivity contribution is 6.84. The summed E-state index contributed by atoms with van der Waals surface area (Å²) in [5.74, 6) is 3.26. The van der Waals surface area contributed by atoms with Crippen LogP contribution in [0.4, 0.5) is 26.3 Å². The Labute approximate surface area is 581 Å². The maximum Gasteiger partial charge on any atom is 0.414 e. The molecular formula is C82H116F6O7Si2. The molecule has 97 heavy (non-hydrogen) atoms. The smallest absolute Gasteiger partial charge is 0.414 e. The van der Waals surface area contributed by atoms with Gasteiger partial charge < -0.3 is 32.5 Å². The first kappa shape index (κ1) is 80.4. The van der Waals surface area contributed by atoms with Crippen LogP contribution >= 0.6 is 0 Å². The van der Waals surface area contributed by atoms with E-state index in [0.717, 1.165) is 121 Å². The normalized spacial score (nSPS) is 12.8. The molecule has 0 aliphatic carbocycles. The van der Waals surface area contributed by atoms with Gasteiger partial charge in [0.2, 0.25) is 0 Å². The molecule has 6 aromatic rings. The number of unbranched alkanes of at least 4 members (excludes halogenated alkanes) is 22. The molecule has 6 rings (SSSR count). The van der Waals surface area contributed by atoms with Gasteiger partial charge >= 0.3 is 12.4 Å². The third-order valence-electron chi connectivity index (χ3n) is 18.1. The lowest BCUT2D eigenvalue weighted by Gasteiger charge is -2.34. The lowest BCUT2D eigenvalue weighted by molar-refractivity contribution is -0.226. The predicted molar refractivity (Wildman–Crippen MR) is 392 cm³/mol. The summed E-state index contributed by atoms with van der Waals surface area (Å²) >= 11 is 0. The minimum Gasteiger partial charge on any atom is -0.494 e. The topological polar surface area (TPSA) is 64.6 Å². The Balaban J connectivity index is 0.695. The van der Waals surface area contributed by atoms with Crippen LogP contribution in [-0.4, -0.2) is 54.4 Å². The summed E-state index contributed by atoms with van der Waals surface area (Å²) in [4.78, 5) is 0. The maximum absolute atomic E-state index is 13.5. The molecule has 0 amide bonds. The number of hydrogen-bond donors (Lipinski definition) is 0. The predicted octanol–water partition coefficient (Wildman–Crippen LogP) is 25.9. The Morgan fingerprint density at radius 2 is 0.536 bits per heavy atom. The van der Waals surface area contributed by atoms with Crippen LogP contribution in [0, 0.1) is 0 Å². The van der Waals surface area contributed by atoms with Crippen LogP contribution in [-0.2, 0) is 40.0 Å². The molecule has 7 nitrogen and oxygen atoms in total. The van der Waals surface area contributed by atoms with Crippen molar-refractivity contribution in [1.82, 2.24) is 0 Å². The summed E-state index contributed by atoms with van der Waals surface area (Å²) in [6, 6.07) is 49.7. The van der Waals surface area contributed by atoms with E-state index in [1.54, 1.807) is 24.3 Å². The molecule has 2 atom stereocenters. The van der Waals surface area contributed by atoms with E-state index in [4.69, 9.17) is 32.5 Å². The molecule has 0 N–H and O–H groups in total. The van der Waals surface area contributed by atoms with Gasteiger partial charge in [0.15, 0.2) is 28.8 Å². The van der Waals surface area contributed by atoms with Crippen molar-refractivity contribution in [3.63, 3.8) is 0 Å². The SMILES string of the molecule is CCCCCCC(OCc1ccc(COc2ccc(-c3ccc(OCCCCCCCCCCC[Si](C)(C)O[Si](C)(C)CCCCCCCCCCCOc4ccc(-c5ccc(OCc6ccc(COC(CCCCCC)C(F)(F)F)cc6)cc5)cc4)cc3)cc2)cc1)C(F)(F)F. The van der Waals surface area contributed by atoms with Gasteiger partial charge in [0.05, 0.1) is 26.4 Å². The summed E-state index contributed by atoms with van der Waals surface area (Å²) in [7, 11) is -3.32. The van der Waals surface area contributed by atoms with Crippen molar-refractivity contribution in [2.24, 2.45) is 0 Å². The molecule has 0 bridgehead atoms. The Morgan fingerprint density at radius 3 is 0.814 bits per heavy atom. The second kappa shape index (κ2) is 44.5. The first-order valence-corrected chi connectivity index (χ1v) is 43.2. The Hall–Kier alpha value is -5.59. The van der Waals surface area contributed by atoms with Gasteiger partial charge in [-0.05, 0) is 157 Å². The van der Waals surface area contributed by atoms with E-state index in [-0.39, 0.29) is 26.1 Å². The van der Waals surface area contributed by atoms with Gasteiger partial charge in [-0.1, -0.05) is 265 Å². The van der Waals surface area contributed by atoms with Crippen molar-refractivity contribution in [3.8, 4) is 45.3 Å². The monoisotopic (exact) mass is 1380 g/mol. The van der Waals surface area contributed by atoms with Crippen molar-refractivity contribution in [1.29, 1.82) is 0 Å². The highest BCUT2D eigenvalue weighted by Crippen LogP contribution is 2.33. The zero-order valence-electron chi connectivity index (χ0n) is 59.6. The summed E-state index contributed by atoms with van der Waals surface area (Å²) < 4.78 is 123. The molecule has 0 radical (unpaired) electrons. The summed E-state index contributed by atoms with van der Waals surface area (Å²) in [6.07, 6.45) is 17.0. The van der Waals surface area contributed by atoms with E-state index in [2.05, 4.69) is 50.5 Å². The standard InChI is InChI=1S/C82H116F6O7Si2/c1-7-9-11-27-33-79(81(83,84)85)93-65-69-39-35-67(36-40-69)63-91-77-55-47-73(48-56-77)71-43-51-75(52-44-71)89-59-29-23-19-15-13-17-21-25-31-61-96(3,4)95-97(5,6)62-32-26-22-18-14-16-20-24-30-60-90-76-53-45-72(46-54-76)74-49-57-78(58-50-74)92-64-68-37-41-70(42-38-68)66-94-80(82(86,87)88)34-28-12-10-8-2/h35-58,79-80H,7-34,59-66H2,1-6H3. The Morgan fingerprint density at radius 1 is 0.289 bits per heavy atom. The number of hydrogen-bond acceptors (Lipinski definition) is 7. The molecule has 2 unspecified atom stereocenters. The summed E-state index contributed by atoms with van der Waals surface area (Å²) in [5, 5.41) is 0. The van der Waals surface area contributed by atoms with E-state index in [1.165, 1.54) is 115 Å². The lowest BCUT2D eigenvalue weighted by Crippen LogP contribution is -2.44. The van der Waals surface area contributed by atoms with E-state index in [0.29, 0.717) is 37.2 Å². The van der Waals surface area contributed by atoms with E-state index >= 15 is 0 Å². The van der Waals surface area contributed by atoms with Crippen molar-refractivity contribution in [2.75, 3.05) is 13.2 Å². The van der Waals surface area contributed by atoms with Gasteiger partial charge in [-0.15, -0.1) is 0 Å². The summed E-state index contributed by atoms with van der Waals surface area (Å²) in [6.45, 7) is 15.9. The quantitative estimate of drug-likeness (QED) is 0.0214. The average Bonchev–Trinajstić information content (AvgIpc) is 1.03. The first-order valence-electron chi connectivity index (χ1n) is 36.9. The fraction of sp³-hybridized carbons (Fsp3) is 0.561. The molecule has 0 aliphatic rings. The number of benzene rings is 6. The highest BCUT2D eigenvalue weighted by atomic mass is 28.4. The van der Waals surface area contributed by atoms with Gasteiger partial charge in [0.1, 0.15) is 36.2 Å². The van der Waals surface area contributed by atoms with Crippen LogP contribution in [0.5, 0.6) is 23.0 Å². The summed E-state index contributed by atoms with van der Waals surface area (Å²) in [5.41, 5.74) is 7.64. The van der Waals surface area contributed by atoms with Crippen LogP contribution in [0.3, 0.4) is 0 Å². The average molecular weight is 1380 g/mol. The van der Waals surface area contributed by atoms with Crippen molar-refractivity contribution in [2.45, 2.75) is 283 Å². The van der Waals surface area contributed by atoms with Crippen LogP contribution < -0.4 is 18.9 Å². The highest BCUT2D eigenvalue weighted by Gasteiger charge is 2.41. The second-order valence-electron chi connectivity index (χ2n) is 27.9. The molecule has 0 heterocycles. The largest absolute Gasteiger partial charge is 0.494 e. The molecule has 0 spiro atoms. The maximum atomic E-state index is 13.5. The fourth-order valence-electron chi connectivity index (χ4n) is 12.4. The Bertz CT molecular complexity index is 2770. The van der Waals surface area contributed by atoms with Crippen LogP contribution in [0.25, 0.3) is 22.3 Å². The van der Waals surface area contributed by atoms with Gasteiger partial charge in [0, 0.05) is 0 Å². The van der Waals surface area contributed by atoms with E-state index in [1.807, 2.05) is 111 Å². The molecule has 0 saturated heterocycles. The van der Waals surface area contributed by atoms with Gasteiger partial charge in [-0.2, -0.15) is 26.3 Å². The fourth-order valence-corrected chi connectivity index (χ4v) is 21.4. The third-order valence-corrected chi connectivity index (χ3v) is 25.7. The number of alkyl halides is 6. The van der Waals surface area contributed by atoms with E-state index in [9.17, 15) is 26.3 Å². The molecular weight excluding hydrogens is 1270 g/mol. The van der Waals surface area contributed by atoms with Crippen LogP contribution in [0.1, 0.15) is 216 Å². The van der Waals surface area contributed by atoms with Gasteiger partial charge in [0.25, 0.3) is 0 Å². The molecule has 0 saturated carbocycles. The number of halogens is 6. The molecule has 0 aliphatic heterocycles. The van der Waals surface area contributed by atoms with Crippen molar-refractivity contribution >= 4 is 16.6 Å². The number of rotatable bonds is 52. The molecule has 0 fully saturated rings. The van der Waals surface area contributed by atoms with E-state index < -0.39 is 41.2 Å². The third kappa shape index (κ3) is 33.9. The van der Waals surface area contributed by atoms with Crippen molar-refractivity contribution < 1.29 is 58.9 Å². The molecule has 0 aromatic heterocycles. The van der Waals surface area contributed by atoms with Gasteiger partial charge in [-0.25, -0.2) is 0 Å². The first-order chi connectivity index (χ1) is 46.8. The van der Waals surface area contributed by atoms with Crippen molar-refractivity contribution in [3.05, 3.63) is 168 Å². The minimum atomic E-state index is -4.37. The molecule has 6 aromatic carbocycles. The minimum absolute atomic E-state index is 0.00394. The van der Waals surface area contributed by atoms with Crippen LogP contribution in [0.15, 0.2) is 146 Å². The van der Waals surface area contributed by atoms with Gasteiger partial charge in [-0.3, -0.25) is 0 Å². The zero-order valence-corrected chi connectivity index (χ0v) is 61.6. The lowest BCUT2D eigenvalue weighted by atomic mass is 10.1. The molecule has 15 heteroatoms. The zero-order chi connectivity index (χ0) is 69.5. The second-order valence-corrected chi connectivity index (χ2v) is 36.7. The molecule has 536 valence electrons. The van der Waals surface area contributed by atoms with Crippen LogP contribution in [0.2, 0.25) is 38.3 Å². The Kier molecular flexibility index (Phi) is 36.9. The number of ether oxygens (including phenoxy) is 6.